The zero-order valence-electron chi connectivity index (χ0n) is 26.5. The molecule has 0 bridgehead atoms. The van der Waals surface area contributed by atoms with Crippen molar-refractivity contribution in [2.45, 2.75) is 0 Å². The maximum atomic E-state index is 6.39. The van der Waals surface area contributed by atoms with E-state index in [1.165, 1.54) is 21.9 Å². The lowest BCUT2D eigenvalue weighted by atomic mass is 9.95. The summed E-state index contributed by atoms with van der Waals surface area (Å²) in [5.74, 6) is 0. The van der Waals surface area contributed by atoms with E-state index in [1.54, 1.807) is 0 Å². The fraction of sp³-hybridized carbons (Fsp3) is 0. The van der Waals surface area contributed by atoms with Crippen LogP contribution in [0.1, 0.15) is 0 Å². The van der Waals surface area contributed by atoms with E-state index in [9.17, 15) is 0 Å². The fourth-order valence-corrected chi connectivity index (χ4v) is 7.46. The lowest BCUT2D eigenvalue weighted by Gasteiger charge is -2.27. The maximum Gasteiger partial charge on any atom is 0.137 e. The molecule has 0 unspecified atom stereocenters. The highest BCUT2D eigenvalue weighted by molar-refractivity contribution is 6.17. The Kier molecular flexibility index (Phi) is 6.18. The largest absolute Gasteiger partial charge is 0.456 e. The first-order valence-corrected chi connectivity index (χ1v) is 16.6. The third kappa shape index (κ3) is 4.44. The molecule has 0 aliphatic carbocycles. The Morgan fingerprint density at radius 1 is 0.347 bits per heavy atom. The number of furan rings is 2. The first kappa shape index (κ1) is 27.5. The average Bonchev–Trinajstić information content (AvgIpc) is 3.74. The molecule has 10 rings (SSSR count). The maximum absolute atomic E-state index is 6.39. The summed E-state index contributed by atoms with van der Waals surface area (Å²) in [6.45, 7) is 0. The summed E-state index contributed by atoms with van der Waals surface area (Å²) in [7, 11) is 0. The molecule has 2 aromatic heterocycles. The Balaban J connectivity index is 1.21. The van der Waals surface area contributed by atoms with Gasteiger partial charge in [-0.2, -0.15) is 0 Å². The van der Waals surface area contributed by atoms with Crippen LogP contribution in [0.4, 0.5) is 17.1 Å². The Hall–Kier alpha value is -6.58. The van der Waals surface area contributed by atoms with Gasteiger partial charge in [0.2, 0.25) is 0 Å². The number of anilines is 3. The van der Waals surface area contributed by atoms with Crippen LogP contribution in [0.2, 0.25) is 0 Å². The average molecular weight is 628 g/mol. The minimum Gasteiger partial charge on any atom is -0.456 e. The summed E-state index contributed by atoms with van der Waals surface area (Å²) < 4.78 is 12.8. The van der Waals surface area contributed by atoms with Gasteiger partial charge in [-0.05, 0) is 87.6 Å². The number of benzene rings is 8. The van der Waals surface area contributed by atoms with Gasteiger partial charge in [0.25, 0.3) is 0 Å². The van der Waals surface area contributed by atoms with Gasteiger partial charge in [0.15, 0.2) is 0 Å². The molecular formula is C46H29NO2. The van der Waals surface area contributed by atoms with Crippen molar-refractivity contribution in [2.24, 2.45) is 0 Å². The van der Waals surface area contributed by atoms with E-state index in [0.29, 0.717) is 0 Å². The van der Waals surface area contributed by atoms with Crippen LogP contribution in [0.25, 0.3) is 76.9 Å². The van der Waals surface area contributed by atoms with Crippen molar-refractivity contribution >= 4 is 71.7 Å². The van der Waals surface area contributed by atoms with Crippen LogP contribution < -0.4 is 4.90 Å². The molecule has 0 aliphatic heterocycles. The topological polar surface area (TPSA) is 29.5 Å². The normalized spacial score (nSPS) is 11.7. The third-order valence-electron chi connectivity index (χ3n) is 9.64. The molecule has 0 fully saturated rings. The van der Waals surface area contributed by atoms with Gasteiger partial charge >= 0.3 is 0 Å². The van der Waals surface area contributed by atoms with Crippen LogP contribution in [-0.2, 0) is 0 Å². The van der Waals surface area contributed by atoms with Crippen molar-refractivity contribution in [1.29, 1.82) is 0 Å². The van der Waals surface area contributed by atoms with E-state index < -0.39 is 0 Å². The molecule has 2 heterocycles. The Morgan fingerprint density at radius 3 is 1.53 bits per heavy atom. The second-order valence-electron chi connectivity index (χ2n) is 12.5. The lowest BCUT2D eigenvalue weighted by molar-refractivity contribution is 0.668. The van der Waals surface area contributed by atoms with E-state index in [-0.39, 0.29) is 0 Å². The van der Waals surface area contributed by atoms with E-state index in [0.717, 1.165) is 72.1 Å². The summed E-state index contributed by atoms with van der Waals surface area (Å²) in [6, 6.07) is 62.1. The van der Waals surface area contributed by atoms with Gasteiger partial charge in [0, 0.05) is 16.5 Å². The quantitative estimate of drug-likeness (QED) is 0.190. The summed E-state index contributed by atoms with van der Waals surface area (Å²) in [6.07, 6.45) is 0. The zero-order valence-corrected chi connectivity index (χ0v) is 26.5. The fourth-order valence-electron chi connectivity index (χ4n) is 7.46. The van der Waals surface area contributed by atoms with Crippen LogP contribution in [0, 0.1) is 0 Å². The molecule has 0 N–H and O–H groups in total. The predicted octanol–water partition coefficient (Wildman–Crippen LogP) is 13.4. The van der Waals surface area contributed by atoms with Crippen molar-refractivity contribution in [3.8, 4) is 22.3 Å². The molecule has 8 aromatic carbocycles. The molecular weight excluding hydrogens is 599 g/mol. The molecule has 10 aromatic rings. The van der Waals surface area contributed by atoms with Gasteiger partial charge in [-0.3, -0.25) is 0 Å². The molecule has 0 amide bonds. The van der Waals surface area contributed by atoms with Crippen molar-refractivity contribution in [3.63, 3.8) is 0 Å². The van der Waals surface area contributed by atoms with Gasteiger partial charge in [-0.1, -0.05) is 121 Å². The van der Waals surface area contributed by atoms with Gasteiger partial charge in [-0.15, -0.1) is 0 Å². The van der Waals surface area contributed by atoms with E-state index >= 15 is 0 Å². The van der Waals surface area contributed by atoms with Crippen LogP contribution in [0.15, 0.2) is 185 Å². The highest BCUT2D eigenvalue weighted by atomic mass is 16.3. The zero-order chi connectivity index (χ0) is 32.3. The lowest BCUT2D eigenvalue weighted by Crippen LogP contribution is -2.11. The number of hydrogen-bond donors (Lipinski definition) is 0. The summed E-state index contributed by atoms with van der Waals surface area (Å²) >= 11 is 0. The van der Waals surface area contributed by atoms with Gasteiger partial charge in [0.1, 0.15) is 22.3 Å². The molecule has 0 atom stereocenters. The second-order valence-corrected chi connectivity index (χ2v) is 12.5. The second kappa shape index (κ2) is 11.0. The van der Waals surface area contributed by atoms with Crippen LogP contribution in [0.3, 0.4) is 0 Å². The molecule has 3 nitrogen and oxygen atoms in total. The molecule has 3 heteroatoms. The minimum absolute atomic E-state index is 0.854. The smallest absolute Gasteiger partial charge is 0.137 e. The van der Waals surface area contributed by atoms with Gasteiger partial charge < -0.3 is 13.7 Å². The number of para-hydroxylation sites is 2. The van der Waals surface area contributed by atoms with Crippen molar-refractivity contribution < 1.29 is 8.83 Å². The van der Waals surface area contributed by atoms with E-state index in [1.807, 2.05) is 24.3 Å². The predicted molar refractivity (Wildman–Crippen MR) is 204 cm³/mol. The summed E-state index contributed by atoms with van der Waals surface area (Å²) in [4.78, 5) is 2.37. The first-order chi connectivity index (χ1) is 24.3. The van der Waals surface area contributed by atoms with Crippen LogP contribution in [0.5, 0.6) is 0 Å². The van der Waals surface area contributed by atoms with Crippen LogP contribution >= 0.6 is 0 Å². The third-order valence-corrected chi connectivity index (χ3v) is 9.64. The van der Waals surface area contributed by atoms with E-state index in [4.69, 9.17) is 8.83 Å². The summed E-state index contributed by atoms with van der Waals surface area (Å²) in [5.41, 5.74) is 11.3. The SMILES string of the molecule is c1cc(-c2cccc(N(c3cccc4oc5ccccc5c34)c3cccc4oc5ccccc5c34)c2)cc(-c2cccc3ccccc23)c1. The number of nitrogens with zero attached hydrogens (tertiary/aromatic N) is 1. The first-order valence-electron chi connectivity index (χ1n) is 16.6. The molecule has 0 radical (unpaired) electrons. The van der Waals surface area contributed by atoms with Crippen molar-refractivity contribution in [2.75, 3.05) is 4.90 Å². The highest BCUT2D eigenvalue weighted by Gasteiger charge is 2.23. The molecule has 0 aliphatic rings. The minimum atomic E-state index is 0.854. The Labute approximate surface area is 282 Å². The molecule has 49 heavy (non-hydrogen) atoms. The summed E-state index contributed by atoms with van der Waals surface area (Å²) in [5, 5.41) is 6.81. The number of rotatable bonds is 5. The van der Waals surface area contributed by atoms with E-state index in [2.05, 4.69) is 157 Å². The Morgan fingerprint density at radius 2 is 0.837 bits per heavy atom. The van der Waals surface area contributed by atoms with Crippen LogP contribution in [-0.4, -0.2) is 0 Å². The highest BCUT2D eigenvalue weighted by Crippen LogP contribution is 2.47. The van der Waals surface area contributed by atoms with Gasteiger partial charge in [0.05, 0.1) is 22.1 Å². The van der Waals surface area contributed by atoms with Gasteiger partial charge in [-0.25, -0.2) is 0 Å². The molecule has 0 saturated carbocycles. The standard InChI is InChI=1S/C46H29NO2/c1-2-18-35-30(12-1)13-9-21-36(35)33-16-7-14-31(28-33)32-15-8-17-34(29-32)47(39-22-10-26-43-45(39)37-19-3-5-24-41(37)48-43)40-23-11-27-44-46(40)38-20-4-6-25-42(38)49-44/h1-29H. The molecule has 0 saturated heterocycles. The number of fused-ring (bicyclic) bond motifs is 7. The van der Waals surface area contributed by atoms with Crippen molar-refractivity contribution in [1.82, 2.24) is 0 Å². The van der Waals surface area contributed by atoms with Crippen molar-refractivity contribution in [3.05, 3.63) is 176 Å². The Bertz CT molecular complexity index is 2740. The molecule has 230 valence electrons. The number of hydrogen-bond acceptors (Lipinski definition) is 3. The monoisotopic (exact) mass is 627 g/mol. The molecule has 0 spiro atoms.